The van der Waals surface area contributed by atoms with Crippen molar-refractivity contribution in [3.63, 3.8) is 0 Å². The largest absolute Gasteiger partial charge is 0.307 e. The van der Waals surface area contributed by atoms with Crippen molar-refractivity contribution in [2.45, 2.75) is 0 Å². The van der Waals surface area contributed by atoms with Gasteiger partial charge in [0.25, 0.3) is 0 Å². The molecule has 0 aliphatic heterocycles. The summed E-state index contributed by atoms with van der Waals surface area (Å²) < 4.78 is 4.64. The Hall–Kier alpha value is -6.40. The molecule has 4 aromatic heterocycles. The van der Waals surface area contributed by atoms with Crippen molar-refractivity contribution in [3.05, 3.63) is 146 Å². The number of fused-ring (bicyclic) bond motifs is 7. The lowest BCUT2D eigenvalue weighted by atomic mass is 10.0. The molecule has 6 nitrogen and oxygen atoms in total. The summed E-state index contributed by atoms with van der Waals surface area (Å²) in [5.41, 5.74) is 9.23. The highest BCUT2D eigenvalue weighted by molar-refractivity contribution is 6.20. The molecule has 10 rings (SSSR count). The van der Waals surface area contributed by atoms with Crippen LogP contribution in [0.3, 0.4) is 0 Å². The van der Waals surface area contributed by atoms with Gasteiger partial charge in [0, 0.05) is 38.2 Å². The molecule has 0 fully saturated rings. The van der Waals surface area contributed by atoms with Gasteiger partial charge in [0.2, 0.25) is 0 Å². The molecule has 0 radical (unpaired) electrons. The van der Waals surface area contributed by atoms with E-state index < -0.39 is 0 Å². The molecule has 6 heteroatoms. The van der Waals surface area contributed by atoms with Crippen molar-refractivity contribution in [2.75, 3.05) is 0 Å². The molecule has 0 N–H and O–H groups in total. The first kappa shape index (κ1) is 25.0. The lowest BCUT2D eigenvalue weighted by molar-refractivity contribution is 1.08. The fourth-order valence-electron chi connectivity index (χ4n) is 7.00. The normalized spacial score (nSPS) is 11.9. The molecule has 0 spiro atoms. The molecular formula is C40H24N6. The van der Waals surface area contributed by atoms with E-state index in [1.807, 2.05) is 67.0 Å². The van der Waals surface area contributed by atoms with Crippen LogP contribution in [0.4, 0.5) is 0 Å². The van der Waals surface area contributed by atoms with Gasteiger partial charge in [-0.2, -0.15) is 0 Å². The van der Waals surface area contributed by atoms with E-state index in [1.165, 1.54) is 10.8 Å². The summed E-state index contributed by atoms with van der Waals surface area (Å²) in [6.45, 7) is 0. The molecule has 0 amide bonds. The van der Waals surface area contributed by atoms with Crippen molar-refractivity contribution < 1.29 is 0 Å². The molecule has 6 aromatic carbocycles. The number of benzene rings is 6. The van der Waals surface area contributed by atoms with E-state index in [1.54, 1.807) is 0 Å². The third-order valence-electron chi connectivity index (χ3n) is 9.00. The Morgan fingerprint density at radius 1 is 0.413 bits per heavy atom. The maximum atomic E-state index is 5.14. The number of nitrogens with zero attached hydrogens (tertiary/aromatic N) is 6. The van der Waals surface area contributed by atoms with E-state index in [4.69, 9.17) is 19.9 Å². The van der Waals surface area contributed by atoms with E-state index >= 15 is 0 Å². The highest BCUT2D eigenvalue weighted by atomic mass is 15.0. The first-order chi connectivity index (χ1) is 22.8. The molecule has 0 aliphatic rings. The Bertz CT molecular complexity index is 2740. The summed E-state index contributed by atoms with van der Waals surface area (Å²) in [6.07, 6.45) is 1.95. The summed E-state index contributed by atoms with van der Waals surface area (Å²) in [6, 6.07) is 48.3. The maximum absolute atomic E-state index is 5.14. The van der Waals surface area contributed by atoms with E-state index in [2.05, 4.69) is 87.7 Å². The van der Waals surface area contributed by atoms with Gasteiger partial charge in [-0.1, -0.05) is 109 Å². The molecule has 0 aliphatic carbocycles. The molecule has 0 saturated heterocycles. The lowest BCUT2D eigenvalue weighted by Gasteiger charge is -2.13. The first-order valence-corrected chi connectivity index (χ1v) is 15.3. The smallest absolute Gasteiger partial charge is 0.164 e. The van der Waals surface area contributed by atoms with Crippen molar-refractivity contribution >= 4 is 54.6 Å². The highest BCUT2D eigenvalue weighted by Gasteiger charge is 2.21. The topological polar surface area (TPSA) is 60.4 Å². The fraction of sp³-hybridized carbons (Fsp3) is 0. The van der Waals surface area contributed by atoms with Crippen LogP contribution in [0.2, 0.25) is 0 Å². The average Bonchev–Trinajstić information content (AvgIpc) is 3.71. The van der Waals surface area contributed by atoms with Crippen LogP contribution in [0.25, 0.3) is 88.8 Å². The molecular weight excluding hydrogens is 564 g/mol. The predicted molar refractivity (Wildman–Crippen MR) is 186 cm³/mol. The first-order valence-electron chi connectivity index (χ1n) is 15.3. The number of aromatic nitrogens is 6. The zero-order valence-corrected chi connectivity index (χ0v) is 24.5. The summed E-state index contributed by atoms with van der Waals surface area (Å²) in [7, 11) is 0. The second-order valence-electron chi connectivity index (χ2n) is 11.6. The summed E-state index contributed by atoms with van der Waals surface area (Å²) in [5, 5.41) is 4.55. The monoisotopic (exact) mass is 588 g/mol. The van der Waals surface area contributed by atoms with Gasteiger partial charge < -0.3 is 4.40 Å². The van der Waals surface area contributed by atoms with Crippen LogP contribution in [-0.2, 0) is 0 Å². The Labute approximate surface area is 262 Å². The maximum Gasteiger partial charge on any atom is 0.164 e. The van der Waals surface area contributed by atoms with Crippen LogP contribution in [0, 0.1) is 0 Å². The Kier molecular flexibility index (Phi) is 5.19. The number of rotatable bonds is 3. The second-order valence-corrected chi connectivity index (χ2v) is 11.6. The van der Waals surface area contributed by atoms with Gasteiger partial charge in [-0.3, -0.25) is 4.40 Å². The van der Waals surface area contributed by atoms with E-state index in [9.17, 15) is 0 Å². The van der Waals surface area contributed by atoms with E-state index in [-0.39, 0.29) is 0 Å². The van der Waals surface area contributed by atoms with Gasteiger partial charge in [0.15, 0.2) is 17.5 Å². The minimum absolute atomic E-state index is 0.614. The SMILES string of the molecule is c1ccc(-c2nc(-c3ccccc3)nc(-c3ccc4ncn5c6cccc7c8ccccc8n(c8ccccc8c3c45)c76)n2)cc1. The number of para-hydroxylation sites is 3. The zero-order valence-electron chi connectivity index (χ0n) is 24.5. The molecule has 214 valence electrons. The zero-order chi connectivity index (χ0) is 30.2. The summed E-state index contributed by atoms with van der Waals surface area (Å²) in [4.78, 5) is 20.2. The molecule has 46 heavy (non-hydrogen) atoms. The quantitative estimate of drug-likeness (QED) is 0.206. The second kappa shape index (κ2) is 9.55. The Balaban J connectivity index is 1.43. The van der Waals surface area contributed by atoms with Crippen LogP contribution in [0.15, 0.2) is 146 Å². The third-order valence-corrected chi connectivity index (χ3v) is 9.00. The van der Waals surface area contributed by atoms with E-state index in [0.717, 1.165) is 60.6 Å². The minimum atomic E-state index is 0.614. The van der Waals surface area contributed by atoms with Crippen LogP contribution < -0.4 is 0 Å². The Morgan fingerprint density at radius 2 is 0.978 bits per heavy atom. The van der Waals surface area contributed by atoms with Gasteiger partial charge >= 0.3 is 0 Å². The van der Waals surface area contributed by atoms with Crippen molar-refractivity contribution in [3.8, 4) is 34.2 Å². The van der Waals surface area contributed by atoms with E-state index in [0.29, 0.717) is 17.5 Å². The molecule has 0 unspecified atom stereocenters. The van der Waals surface area contributed by atoms with Crippen LogP contribution in [0.5, 0.6) is 0 Å². The molecule has 0 bridgehead atoms. The summed E-state index contributed by atoms with van der Waals surface area (Å²) in [5.74, 6) is 1.88. The minimum Gasteiger partial charge on any atom is -0.307 e. The molecule has 0 saturated carbocycles. The van der Waals surface area contributed by atoms with Gasteiger partial charge in [-0.05, 0) is 30.3 Å². The molecule has 10 aromatic rings. The number of hydrogen-bond acceptors (Lipinski definition) is 4. The van der Waals surface area contributed by atoms with Crippen molar-refractivity contribution in [1.29, 1.82) is 0 Å². The molecule has 0 atom stereocenters. The van der Waals surface area contributed by atoms with Crippen molar-refractivity contribution in [1.82, 2.24) is 28.7 Å². The third kappa shape index (κ3) is 3.52. The fourth-order valence-corrected chi connectivity index (χ4v) is 7.00. The lowest BCUT2D eigenvalue weighted by Crippen LogP contribution is -2.01. The Morgan fingerprint density at radius 3 is 1.70 bits per heavy atom. The molecule has 4 heterocycles. The number of hydrogen-bond donors (Lipinski definition) is 0. The average molecular weight is 589 g/mol. The number of imidazole rings is 1. The van der Waals surface area contributed by atoms with Gasteiger partial charge in [0.1, 0.15) is 6.33 Å². The van der Waals surface area contributed by atoms with Gasteiger partial charge in [0.05, 0.1) is 33.1 Å². The van der Waals surface area contributed by atoms with Gasteiger partial charge in [-0.15, -0.1) is 0 Å². The van der Waals surface area contributed by atoms with Gasteiger partial charge in [-0.25, -0.2) is 19.9 Å². The van der Waals surface area contributed by atoms with Crippen LogP contribution >= 0.6 is 0 Å². The summed E-state index contributed by atoms with van der Waals surface area (Å²) >= 11 is 0. The standard InChI is InChI=1S/C40H24N6/c1-3-12-25(13-4-1)38-42-39(26-14-5-2-6-15-26)44-40(43-38)30-22-23-31-37-35(30)29-17-8-10-20-33(29)46-32-19-9-7-16-27(32)28-18-11-21-34(36(28)46)45(37)24-41-31/h1-24H. The van der Waals surface area contributed by atoms with Crippen molar-refractivity contribution in [2.24, 2.45) is 0 Å². The van der Waals surface area contributed by atoms with Crippen LogP contribution in [-0.4, -0.2) is 28.7 Å². The highest BCUT2D eigenvalue weighted by Crippen LogP contribution is 2.40. The predicted octanol–water partition coefficient (Wildman–Crippen LogP) is 9.39. The van der Waals surface area contributed by atoms with Crippen LogP contribution in [0.1, 0.15) is 0 Å².